The Hall–Kier alpha value is -2.36. The Kier molecular flexibility index (Phi) is 3.57. The number of furan rings is 1. The number of amides is 1. The van der Waals surface area contributed by atoms with Crippen LogP contribution in [-0.2, 0) is 6.42 Å². The fourth-order valence-corrected chi connectivity index (χ4v) is 1.70. The molecule has 0 fully saturated rings. The van der Waals surface area contributed by atoms with Crippen LogP contribution in [0.15, 0.2) is 41.0 Å². The Labute approximate surface area is 105 Å². The van der Waals surface area contributed by atoms with Gasteiger partial charge >= 0.3 is 0 Å². The maximum atomic E-state index is 12.0. The van der Waals surface area contributed by atoms with Crippen molar-refractivity contribution in [3.05, 3.63) is 53.5 Å². The molecule has 2 rings (SSSR count). The number of rotatable bonds is 4. The topological polar surface area (TPSA) is 59.3 Å². The summed E-state index contributed by atoms with van der Waals surface area (Å²) < 4.78 is 5.20. The molecule has 0 radical (unpaired) electrons. The predicted molar refractivity (Wildman–Crippen MR) is 67.9 cm³/mol. The first-order valence-electron chi connectivity index (χ1n) is 5.67. The zero-order chi connectivity index (χ0) is 13.0. The molecular formula is C14H13NO3. The number of nitrogens with one attached hydrogen (secondary N) is 1. The van der Waals surface area contributed by atoms with E-state index in [4.69, 9.17) is 4.42 Å². The van der Waals surface area contributed by atoms with Crippen molar-refractivity contribution < 1.29 is 14.0 Å². The summed E-state index contributed by atoms with van der Waals surface area (Å²) in [4.78, 5) is 22.6. The standard InChI is InChI=1S/C14H13NO3/c1-2-13-12(6-7-18-13)14(17)15-11-5-3-4-10(8-11)9-16/h3-9H,2H2,1H3,(H,15,17). The lowest BCUT2D eigenvalue weighted by Gasteiger charge is -2.05. The highest BCUT2D eigenvalue weighted by atomic mass is 16.3. The zero-order valence-corrected chi connectivity index (χ0v) is 9.97. The number of aryl methyl sites for hydroxylation is 1. The quantitative estimate of drug-likeness (QED) is 0.840. The molecule has 0 saturated heterocycles. The van der Waals surface area contributed by atoms with Crippen molar-refractivity contribution in [2.24, 2.45) is 0 Å². The van der Waals surface area contributed by atoms with Crippen molar-refractivity contribution >= 4 is 17.9 Å². The van der Waals surface area contributed by atoms with E-state index in [1.54, 1.807) is 30.3 Å². The Bertz CT molecular complexity index is 572. The summed E-state index contributed by atoms with van der Waals surface area (Å²) in [6.07, 6.45) is 2.89. The highest BCUT2D eigenvalue weighted by Gasteiger charge is 2.13. The van der Waals surface area contributed by atoms with Gasteiger partial charge < -0.3 is 9.73 Å². The highest BCUT2D eigenvalue weighted by molar-refractivity contribution is 6.05. The van der Waals surface area contributed by atoms with Crippen molar-refractivity contribution in [2.75, 3.05) is 5.32 Å². The second-order valence-corrected chi connectivity index (χ2v) is 3.81. The fraction of sp³-hybridized carbons (Fsp3) is 0.143. The molecule has 0 bridgehead atoms. The molecule has 18 heavy (non-hydrogen) atoms. The average molecular weight is 243 g/mol. The van der Waals surface area contributed by atoms with Gasteiger partial charge in [0.25, 0.3) is 5.91 Å². The summed E-state index contributed by atoms with van der Waals surface area (Å²) in [6.45, 7) is 1.92. The molecule has 0 aliphatic rings. The fourth-order valence-electron chi connectivity index (χ4n) is 1.70. The molecule has 0 atom stereocenters. The van der Waals surface area contributed by atoms with Crippen LogP contribution in [0, 0.1) is 0 Å². The maximum absolute atomic E-state index is 12.0. The van der Waals surface area contributed by atoms with E-state index in [1.165, 1.54) is 6.26 Å². The van der Waals surface area contributed by atoms with E-state index in [1.807, 2.05) is 6.92 Å². The number of benzene rings is 1. The van der Waals surface area contributed by atoms with Gasteiger partial charge in [0.1, 0.15) is 12.0 Å². The number of anilines is 1. The van der Waals surface area contributed by atoms with Gasteiger partial charge in [-0.05, 0) is 18.2 Å². The molecule has 0 aliphatic carbocycles. The SMILES string of the molecule is CCc1occc1C(=O)Nc1cccc(C=O)c1. The van der Waals surface area contributed by atoms with Crippen LogP contribution in [0.1, 0.15) is 33.4 Å². The lowest BCUT2D eigenvalue weighted by atomic mass is 10.2. The minimum atomic E-state index is -0.233. The summed E-state index contributed by atoms with van der Waals surface area (Å²) in [5.41, 5.74) is 1.64. The van der Waals surface area contributed by atoms with Crippen LogP contribution in [0.25, 0.3) is 0 Å². The van der Waals surface area contributed by atoms with E-state index >= 15 is 0 Å². The number of carbonyl (C=O) groups is 2. The second kappa shape index (κ2) is 5.31. The third kappa shape index (κ3) is 2.48. The molecule has 0 spiro atoms. The third-order valence-corrected chi connectivity index (χ3v) is 2.59. The van der Waals surface area contributed by atoms with Crippen molar-refractivity contribution in [3.8, 4) is 0 Å². The van der Waals surface area contributed by atoms with Crippen LogP contribution < -0.4 is 5.32 Å². The van der Waals surface area contributed by atoms with E-state index in [9.17, 15) is 9.59 Å². The number of hydrogen-bond donors (Lipinski definition) is 1. The molecule has 4 nitrogen and oxygen atoms in total. The summed E-state index contributed by atoms with van der Waals surface area (Å²) in [5, 5.41) is 2.74. The van der Waals surface area contributed by atoms with Crippen molar-refractivity contribution in [1.29, 1.82) is 0 Å². The largest absolute Gasteiger partial charge is 0.469 e. The molecule has 0 aliphatic heterocycles. The number of aldehydes is 1. The van der Waals surface area contributed by atoms with Gasteiger partial charge in [-0.3, -0.25) is 9.59 Å². The third-order valence-electron chi connectivity index (χ3n) is 2.59. The van der Waals surface area contributed by atoms with Crippen LogP contribution in [-0.4, -0.2) is 12.2 Å². The summed E-state index contributed by atoms with van der Waals surface area (Å²) in [5.74, 6) is 0.419. The molecular weight excluding hydrogens is 230 g/mol. The predicted octanol–water partition coefficient (Wildman–Crippen LogP) is 2.91. The summed E-state index contributed by atoms with van der Waals surface area (Å²) in [7, 11) is 0. The second-order valence-electron chi connectivity index (χ2n) is 3.81. The first-order chi connectivity index (χ1) is 8.74. The van der Waals surface area contributed by atoms with Gasteiger partial charge in [0.15, 0.2) is 0 Å². The van der Waals surface area contributed by atoms with Gasteiger partial charge in [-0.25, -0.2) is 0 Å². The molecule has 0 saturated carbocycles. The van der Waals surface area contributed by atoms with Crippen LogP contribution in [0.3, 0.4) is 0 Å². The van der Waals surface area contributed by atoms with Crippen molar-refractivity contribution in [2.45, 2.75) is 13.3 Å². The summed E-state index contributed by atoms with van der Waals surface area (Å²) in [6, 6.07) is 8.39. The zero-order valence-electron chi connectivity index (χ0n) is 9.97. The number of hydrogen-bond acceptors (Lipinski definition) is 3. The molecule has 1 heterocycles. The van der Waals surface area contributed by atoms with E-state index in [2.05, 4.69) is 5.32 Å². The lowest BCUT2D eigenvalue weighted by molar-refractivity contribution is 0.102. The Morgan fingerprint density at radius 1 is 1.39 bits per heavy atom. The van der Waals surface area contributed by atoms with Crippen LogP contribution in [0.4, 0.5) is 5.69 Å². The molecule has 1 aromatic heterocycles. The Morgan fingerprint density at radius 2 is 2.22 bits per heavy atom. The first kappa shape index (κ1) is 12.1. The molecule has 92 valence electrons. The Balaban J connectivity index is 2.18. The molecule has 2 aromatic rings. The van der Waals surface area contributed by atoms with Crippen LogP contribution >= 0.6 is 0 Å². The van der Waals surface area contributed by atoms with E-state index in [-0.39, 0.29) is 5.91 Å². The smallest absolute Gasteiger partial charge is 0.259 e. The van der Waals surface area contributed by atoms with Gasteiger partial charge in [0.2, 0.25) is 0 Å². The van der Waals surface area contributed by atoms with Crippen molar-refractivity contribution in [1.82, 2.24) is 0 Å². The van der Waals surface area contributed by atoms with E-state index < -0.39 is 0 Å². The van der Waals surface area contributed by atoms with E-state index in [0.29, 0.717) is 29.0 Å². The van der Waals surface area contributed by atoms with Crippen LogP contribution in [0.5, 0.6) is 0 Å². The number of carbonyl (C=O) groups excluding carboxylic acids is 2. The minimum absolute atomic E-state index is 0.233. The maximum Gasteiger partial charge on any atom is 0.259 e. The van der Waals surface area contributed by atoms with Gasteiger partial charge in [-0.15, -0.1) is 0 Å². The molecule has 1 N–H and O–H groups in total. The monoisotopic (exact) mass is 243 g/mol. The molecule has 1 amide bonds. The van der Waals surface area contributed by atoms with Gasteiger partial charge in [-0.2, -0.15) is 0 Å². The molecule has 4 heteroatoms. The van der Waals surface area contributed by atoms with Gasteiger partial charge in [-0.1, -0.05) is 19.1 Å². The lowest BCUT2D eigenvalue weighted by Crippen LogP contribution is -2.12. The average Bonchev–Trinajstić information content (AvgIpc) is 2.87. The van der Waals surface area contributed by atoms with Gasteiger partial charge in [0, 0.05) is 17.7 Å². The normalized spacial score (nSPS) is 10.1. The molecule has 0 unspecified atom stereocenters. The highest BCUT2D eigenvalue weighted by Crippen LogP contribution is 2.15. The van der Waals surface area contributed by atoms with Crippen LogP contribution in [0.2, 0.25) is 0 Å². The van der Waals surface area contributed by atoms with E-state index in [0.717, 1.165) is 6.29 Å². The minimum Gasteiger partial charge on any atom is -0.469 e. The van der Waals surface area contributed by atoms with Crippen molar-refractivity contribution in [3.63, 3.8) is 0 Å². The Morgan fingerprint density at radius 3 is 2.94 bits per heavy atom. The molecule has 1 aromatic carbocycles. The van der Waals surface area contributed by atoms with Gasteiger partial charge in [0.05, 0.1) is 11.8 Å². The first-order valence-corrected chi connectivity index (χ1v) is 5.67. The summed E-state index contributed by atoms with van der Waals surface area (Å²) >= 11 is 0.